The quantitative estimate of drug-likeness (QED) is 0.409. The fraction of sp³-hybridized carbons (Fsp3) is 0.519. The number of aliphatic imine (C=N–C) groups is 1. The summed E-state index contributed by atoms with van der Waals surface area (Å²) < 4.78 is 10.8. The molecule has 1 aromatic rings. The van der Waals surface area contributed by atoms with Crippen LogP contribution < -0.4 is 25.4 Å². The van der Waals surface area contributed by atoms with Gasteiger partial charge in [0.15, 0.2) is 17.5 Å². The van der Waals surface area contributed by atoms with E-state index < -0.39 is 0 Å². The Morgan fingerprint density at radius 3 is 2.60 bits per heavy atom. The van der Waals surface area contributed by atoms with E-state index in [1.54, 1.807) is 14.2 Å². The molecule has 0 spiro atoms. The van der Waals surface area contributed by atoms with Crippen molar-refractivity contribution in [3.63, 3.8) is 0 Å². The van der Waals surface area contributed by atoms with Crippen LogP contribution in [-0.4, -0.2) is 57.3 Å². The molecule has 1 atom stereocenters. The number of ether oxygens (including phenoxy) is 2. The Bertz CT molecular complexity index is 1040. The van der Waals surface area contributed by atoms with Crippen LogP contribution in [0.5, 0.6) is 11.5 Å². The van der Waals surface area contributed by atoms with Gasteiger partial charge in [-0.2, -0.15) is 0 Å². The number of guanidine groups is 1. The Balaban J connectivity index is 1.30. The maximum absolute atomic E-state index is 5.45. The number of hydrogen-bond acceptors (Lipinski definition) is 6. The molecule has 7 nitrogen and oxygen atoms in total. The van der Waals surface area contributed by atoms with Gasteiger partial charge in [0.2, 0.25) is 0 Å². The van der Waals surface area contributed by atoms with Crippen LogP contribution in [0.1, 0.15) is 38.2 Å². The van der Waals surface area contributed by atoms with Crippen molar-refractivity contribution in [3.8, 4) is 11.5 Å². The monoisotopic (exact) mass is 497 g/mol. The number of rotatable bonds is 8. The first-order valence-electron chi connectivity index (χ1n) is 12.4. The van der Waals surface area contributed by atoms with Crippen LogP contribution in [0, 0.1) is 5.92 Å². The summed E-state index contributed by atoms with van der Waals surface area (Å²) in [6.45, 7) is 3.99. The third-order valence-electron chi connectivity index (χ3n) is 7.09. The largest absolute Gasteiger partial charge is 0.493 e. The van der Waals surface area contributed by atoms with Crippen molar-refractivity contribution >= 4 is 18.6 Å². The van der Waals surface area contributed by atoms with Crippen molar-refractivity contribution < 1.29 is 9.47 Å². The predicted molar refractivity (Wildman–Crippen MR) is 145 cm³/mol. The average Bonchev–Trinajstić information content (AvgIpc) is 2.83. The summed E-state index contributed by atoms with van der Waals surface area (Å²) in [5.41, 5.74) is 2.14. The van der Waals surface area contributed by atoms with E-state index in [9.17, 15) is 0 Å². The lowest BCUT2D eigenvalue weighted by molar-refractivity contribution is 0.313. The molecule has 1 saturated carbocycles. The molecule has 1 fully saturated rings. The summed E-state index contributed by atoms with van der Waals surface area (Å²) in [7, 11) is 7.43. The zero-order valence-electron chi connectivity index (χ0n) is 21.5. The summed E-state index contributed by atoms with van der Waals surface area (Å²) in [4.78, 5) is 8.02. The van der Waals surface area contributed by atoms with E-state index >= 15 is 0 Å². The van der Waals surface area contributed by atoms with Crippen LogP contribution in [0.15, 0.2) is 57.7 Å². The lowest BCUT2D eigenvalue weighted by Crippen LogP contribution is -2.58. The van der Waals surface area contributed by atoms with Crippen LogP contribution in [-0.2, 0) is 6.54 Å². The first-order valence-corrected chi connectivity index (χ1v) is 12.8. The predicted octanol–water partition coefficient (Wildman–Crippen LogP) is 3.85. The van der Waals surface area contributed by atoms with Crippen molar-refractivity contribution in [2.75, 3.05) is 34.9 Å². The summed E-state index contributed by atoms with van der Waals surface area (Å²) >= 11 is 4.54. The molecule has 0 amide bonds. The number of hydrogen-bond donors (Lipinski definition) is 4. The molecule has 0 bridgehead atoms. The van der Waals surface area contributed by atoms with Crippen LogP contribution in [0.4, 0.5) is 0 Å². The Morgan fingerprint density at radius 2 is 1.91 bits per heavy atom. The van der Waals surface area contributed by atoms with E-state index in [2.05, 4.69) is 78.8 Å². The highest BCUT2D eigenvalue weighted by molar-refractivity contribution is 7.80. The zero-order chi connectivity index (χ0) is 25.0. The molecule has 0 radical (unpaired) electrons. The molecule has 2 aliphatic carbocycles. The van der Waals surface area contributed by atoms with E-state index in [1.165, 1.54) is 18.4 Å². The topological polar surface area (TPSA) is 70.2 Å². The first-order chi connectivity index (χ1) is 16.8. The Hall–Kier alpha value is -2.58. The molecule has 1 aromatic carbocycles. The van der Waals surface area contributed by atoms with E-state index in [0.29, 0.717) is 23.5 Å². The lowest BCUT2D eigenvalue weighted by atomic mass is 9.85. The number of thiol groups is 1. The van der Waals surface area contributed by atoms with Gasteiger partial charge in [-0.15, -0.1) is 12.6 Å². The fourth-order valence-electron chi connectivity index (χ4n) is 5.15. The summed E-state index contributed by atoms with van der Waals surface area (Å²) in [6.07, 6.45) is 13.1. The molecular formula is C27H39N5O2S. The molecule has 4 rings (SSSR count). The van der Waals surface area contributed by atoms with Gasteiger partial charge in [-0.3, -0.25) is 0 Å². The van der Waals surface area contributed by atoms with Gasteiger partial charge in [0.1, 0.15) is 5.82 Å². The number of fused-ring (bicyclic) bond motifs is 1. The number of nitrogens with one attached hydrogen (secondary N) is 3. The second-order valence-corrected chi connectivity index (χ2v) is 10.4. The molecule has 1 heterocycles. The highest BCUT2D eigenvalue weighted by Gasteiger charge is 2.35. The highest BCUT2D eigenvalue weighted by Crippen LogP contribution is 2.35. The van der Waals surface area contributed by atoms with Crippen molar-refractivity contribution in [1.82, 2.24) is 20.9 Å². The maximum atomic E-state index is 5.45. The Kier molecular flexibility index (Phi) is 8.02. The molecule has 3 N–H and O–H groups in total. The zero-order valence-corrected chi connectivity index (χ0v) is 22.4. The van der Waals surface area contributed by atoms with Crippen molar-refractivity contribution in [2.24, 2.45) is 10.9 Å². The van der Waals surface area contributed by atoms with Gasteiger partial charge in [0.25, 0.3) is 0 Å². The van der Waals surface area contributed by atoms with Crippen molar-refractivity contribution in [3.05, 3.63) is 53.4 Å². The van der Waals surface area contributed by atoms with E-state index in [1.807, 2.05) is 12.1 Å². The molecule has 1 unspecified atom stereocenters. The number of nitrogens with zero attached hydrogens (tertiary/aromatic N) is 2. The van der Waals surface area contributed by atoms with Crippen molar-refractivity contribution in [2.45, 2.75) is 55.6 Å². The maximum Gasteiger partial charge on any atom is 0.198 e. The number of allylic oxidation sites excluding steroid dienone is 2. The van der Waals surface area contributed by atoms with Gasteiger partial charge < -0.3 is 30.3 Å². The number of benzene rings is 1. The van der Waals surface area contributed by atoms with E-state index in [-0.39, 0.29) is 5.54 Å². The second-order valence-electron chi connectivity index (χ2n) is 9.96. The Morgan fingerprint density at radius 1 is 1.14 bits per heavy atom. The Labute approximate surface area is 215 Å². The first kappa shape index (κ1) is 25.5. The van der Waals surface area contributed by atoms with Gasteiger partial charge in [-0.05, 0) is 62.8 Å². The summed E-state index contributed by atoms with van der Waals surface area (Å²) in [5.74, 6) is 4.04. The van der Waals surface area contributed by atoms with E-state index in [4.69, 9.17) is 14.5 Å². The summed E-state index contributed by atoms with van der Waals surface area (Å²) in [5, 5.41) is 10.8. The van der Waals surface area contributed by atoms with Crippen LogP contribution in [0.3, 0.4) is 0 Å². The van der Waals surface area contributed by atoms with Gasteiger partial charge in [0.05, 0.1) is 30.7 Å². The number of methoxy groups -OCH3 is 2. The van der Waals surface area contributed by atoms with Crippen LogP contribution in [0.25, 0.3) is 0 Å². The molecule has 8 heteroatoms. The van der Waals surface area contributed by atoms with Crippen molar-refractivity contribution in [1.29, 1.82) is 0 Å². The molecule has 0 saturated heterocycles. The normalized spacial score (nSPS) is 26.7. The van der Waals surface area contributed by atoms with Crippen LogP contribution >= 0.6 is 12.6 Å². The second kappa shape index (κ2) is 11.0. The molecular weight excluding hydrogens is 458 g/mol. The molecule has 1 aliphatic heterocycles. The minimum Gasteiger partial charge on any atom is -0.493 e. The third kappa shape index (κ3) is 5.81. The highest BCUT2D eigenvalue weighted by atomic mass is 32.1. The van der Waals surface area contributed by atoms with Gasteiger partial charge in [-0.25, -0.2) is 4.99 Å². The molecule has 35 heavy (non-hydrogen) atoms. The van der Waals surface area contributed by atoms with Gasteiger partial charge >= 0.3 is 0 Å². The minimum atomic E-state index is -0.240. The smallest absolute Gasteiger partial charge is 0.198 e. The SMILES string of the molecule is COc1cc(CNCC2CCC(N=C3NC(N(C)C)=C4C=CC=CC4(C)N3)CC2)cc(S)c1OC. The van der Waals surface area contributed by atoms with E-state index in [0.717, 1.165) is 48.2 Å². The van der Waals surface area contributed by atoms with Crippen LogP contribution in [0.2, 0.25) is 0 Å². The average molecular weight is 498 g/mol. The summed E-state index contributed by atoms with van der Waals surface area (Å²) in [6, 6.07) is 4.40. The van der Waals surface area contributed by atoms with Gasteiger partial charge in [-0.1, -0.05) is 24.3 Å². The fourth-order valence-corrected chi connectivity index (χ4v) is 5.52. The third-order valence-corrected chi connectivity index (χ3v) is 7.42. The van der Waals surface area contributed by atoms with Gasteiger partial charge in [0, 0.05) is 26.2 Å². The lowest BCUT2D eigenvalue weighted by Gasteiger charge is -2.41. The minimum absolute atomic E-state index is 0.240. The molecule has 0 aromatic heterocycles. The molecule has 190 valence electrons. The standard InChI is InChI=1S/C27H39N5O2S/c1-27-13-7-6-8-21(27)25(32(2)3)30-26(31-27)29-20-11-9-18(10-12-20)16-28-17-19-14-22(33-4)24(34-5)23(35)15-19/h6-8,13-15,18,20,28,35H,9-12,16-17H2,1-5H3,(H2,29,30,31). The molecule has 3 aliphatic rings.